The molecule has 1 saturated carbocycles. The van der Waals surface area contributed by atoms with Crippen LogP contribution in [0.2, 0.25) is 0 Å². The van der Waals surface area contributed by atoms with Crippen molar-refractivity contribution in [2.75, 3.05) is 19.5 Å². The number of carbonyl (C=O) groups is 2. The third-order valence-electron chi connectivity index (χ3n) is 7.66. The number of benzene rings is 2. The van der Waals surface area contributed by atoms with Gasteiger partial charge in [0.1, 0.15) is 17.4 Å². The van der Waals surface area contributed by atoms with Crippen molar-refractivity contribution in [3.63, 3.8) is 0 Å². The number of hydrogen-bond acceptors (Lipinski definition) is 8. The summed E-state index contributed by atoms with van der Waals surface area (Å²) in [7, 11) is 3.15. The van der Waals surface area contributed by atoms with Gasteiger partial charge in [0.2, 0.25) is 0 Å². The number of hydrogen-bond donors (Lipinski definition) is 1. The van der Waals surface area contributed by atoms with E-state index in [9.17, 15) is 9.59 Å². The first-order valence-corrected chi connectivity index (χ1v) is 14.1. The number of rotatable bonds is 8. The molecule has 0 unspecified atom stereocenters. The van der Waals surface area contributed by atoms with Crippen LogP contribution in [0.25, 0.3) is 22.0 Å². The molecule has 0 saturated heterocycles. The Bertz CT molecular complexity index is 1510. The Hall–Kier alpha value is -3.78. The maximum Gasteiger partial charge on any atom is 0.308 e. The van der Waals surface area contributed by atoms with E-state index < -0.39 is 0 Å². The van der Waals surface area contributed by atoms with E-state index in [1.165, 1.54) is 7.11 Å². The normalized spacial score (nSPS) is 17.9. The number of thiophene rings is 1. The summed E-state index contributed by atoms with van der Waals surface area (Å²) in [6, 6.07) is 13.9. The molecule has 0 aliphatic heterocycles. The topological polar surface area (TPSA) is 90.4 Å². The van der Waals surface area contributed by atoms with Crippen LogP contribution in [0, 0.1) is 12.8 Å². The van der Waals surface area contributed by atoms with Gasteiger partial charge in [-0.3, -0.25) is 9.59 Å². The SMILES string of the molecule is COc1cc2nc(C)nc(N[C@H](C)c3cc(-c4ccccc4C=O)cs3)c2cc1[C@H]1CC[C@H](C(=O)OC)CC1. The van der Waals surface area contributed by atoms with Crippen LogP contribution in [-0.2, 0) is 9.53 Å². The Morgan fingerprint density at radius 2 is 1.87 bits per heavy atom. The molecule has 39 heavy (non-hydrogen) atoms. The number of nitrogens with one attached hydrogen (secondary N) is 1. The smallest absolute Gasteiger partial charge is 0.308 e. The van der Waals surface area contributed by atoms with Crippen LogP contribution in [0.4, 0.5) is 5.82 Å². The van der Waals surface area contributed by atoms with Gasteiger partial charge in [-0.25, -0.2) is 9.97 Å². The quantitative estimate of drug-likeness (QED) is 0.187. The van der Waals surface area contributed by atoms with Gasteiger partial charge in [-0.1, -0.05) is 24.3 Å². The van der Waals surface area contributed by atoms with Gasteiger partial charge in [0.15, 0.2) is 6.29 Å². The number of carbonyl (C=O) groups excluding carboxylic acids is 2. The van der Waals surface area contributed by atoms with Crippen molar-refractivity contribution in [3.8, 4) is 16.9 Å². The highest BCUT2D eigenvalue weighted by Crippen LogP contribution is 2.42. The van der Waals surface area contributed by atoms with Crippen molar-refractivity contribution in [2.24, 2.45) is 5.92 Å². The Balaban J connectivity index is 1.44. The molecule has 1 aliphatic carbocycles. The van der Waals surface area contributed by atoms with Crippen molar-refractivity contribution in [3.05, 3.63) is 69.7 Å². The lowest BCUT2D eigenvalue weighted by atomic mass is 9.78. The third-order valence-corrected chi connectivity index (χ3v) is 8.77. The van der Waals surface area contributed by atoms with Gasteiger partial charge in [0.25, 0.3) is 0 Å². The summed E-state index contributed by atoms with van der Waals surface area (Å²) < 4.78 is 10.8. The molecule has 1 atom stereocenters. The fraction of sp³-hybridized carbons (Fsp3) is 0.355. The zero-order chi connectivity index (χ0) is 27.5. The maximum absolute atomic E-state index is 12.0. The van der Waals surface area contributed by atoms with Crippen molar-refractivity contribution in [1.29, 1.82) is 0 Å². The van der Waals surface area contributed by atoms with Crippen molar-refractivity contribution in [2.45, 2.75) is 51.5 Å². The summed E-state index contributed by atoms with van der Waals surface area (Å²) in [4.78, 5) is 34.2. The number of nitrogens with zero attached hydrogens (tertiary/aromatic N) is 2. The van der Waals surface area contributed by atoms with E-state index in [0.717, 1.165) is 76.0 Å². The van der Waals surface area contributed by atoms with Gasteiger partial charge in [-0.15, -0.1) is 11.3 Å². The van der Waals surface area contributed by atoms with Crippen LogP contribution in [-0.4, -0.2) is 36.4 Å². The monoisotopic (exact) mass is 543 g/mol. The number of anilines is 1. The summed E-state index contributed by atoms with van der Waals surface area (Å²) >= 11 is 1.66. The standard InChI is InChI=1S/C31H33N3O4S/c1-18(29-13-23(17-39-29)24-8-6-5-7-22(24)16-35)32-30-26-14-25(20-9-11-21(12-10-20)31(36)38-4)28(37-3)15-27(26)33-19(2)34-30/h5-8,13-18,20-21H,9-12H2,1-4H3,(H,32,33,34)/t18-,20-,21-/m1/s1. The molecule has 1 N–H and O–H groups in total. The van der Waals surface area contributed by atoms with Crippen molar-refractivity contribution in [1.82, 2.24) is 9.97 Å². The molecular weight excluding hydrogens is 510 g/mol. The van der Waals surface area contributed by atoms with Gasteiger partial charge in [0, 0.05) is 21.9 Å². The molecule has 202 valence electrons. The highest BCUT2D eigenvalue weighted by Gasteiger charge is 2.29. The molecule has 2 aromatic heterocycles. The predicted octanol–water partition coefficient (Wildman–Crippen LogP) is 7.11. The lowest BCUT2D eigenvalue weighted by Crippen LogP contribution is -2.22. The fourth-order valence-corrected chi connectivity index (χ4v) is 6.48. The van der Waals surface area contributed by atoms with Crippen LogP contribution in [0.1, 0.15) is 71.2 Å². The maximum atomic E-state index is 12.0. The van der Waals surface area contributed by atoms with Crippen LogP contribution >= 0.6 is 11.3 Å². The van der Waals surface area contributed by atoms with Gasteiger partial charge in [-0.05, 0) is 79.7 Å². The second-order valence-electron chi connectivity index (χ2n) is 10.1. The Morgan fingerprint density at radius 1 is 1.10 bits per heavy atom. The Kier molecular flexibility index (Phi) is 7.93. The molecule has 2 heterocycles. The number of ether oxygens (including phenoxy) is 2. The zero-order valence-electron chi connectivity index (χ0n) is 22.7. The van der Waals surface area contributed by atoms with Crippen LogP contribution in [0.5, 0.6) is 5.75 Å². The van der Waals surface area contributed by atoms with Crippen LogP contribution in [0.15, 0.2) is 47.8 Å². The summed E-state index contributed by atoms with van der Waals surface area (Å²) in [5, 5.41) is 6.66. The number of aryl methyl sites for hydroxylation is 1. The third kappa shape index (κ3) is 5.52. The molecule has 1 aliphatic rings. The Morgan fingerprint density at radius 3 is 2.59 bits per heavy atom. The summed E-state index contributed by atoms with van der Waals surface area (Å²) in [5.41, 5.74) is 4.60. The largest absolute Gasteiger partial charge is 0.496 e. The summed E-state index contributed by atoms with van der Waals surface area (Å²) in [6.45, 7) is 4.01. The lowest BCUT2D eigenvalue weighted by Gasteiger charge is -2.28. The van der Waals surface area contributed by atoms with E-state index in [1.54, 1.807) is 18.4 Å². The van der Waals surface area contributed by atoms with Gasteiger partial charge >= 0.3 is 5.97 Å². The van der Waals surface area contributed by atoms with Gasteiger partial charge in [-0.2, -0.15) is 0 Å². The van der Waals surface area contributed by atoms with Crippen LogP contribution < -0.4 is 10.1 Å². The second-order valence-corrected chi connectivity index (χ2v) is 11.1. The van der Waals surface area contributed by atoms with E-state index in [-0.39, 0.29) is 23.8 Å². The number of aldehydes is 1. The fourth-order valence-electron chi connectivity index (χ4n) is 5.56. The minimum Gasteiger partial charge on any atom is -0.496 e. The molecule has 0 amide bonds. The number of methoxy groups -OCH3 is 2. The van der Waals surface area contributed by atoms with E-state index in [0.29, 0.717) is 11.4 Å². The zero-order valence-corrected chi connectivity index (χ0v) is 23.5. The first-order chi connectivity index (χ1) is 18.9. The number of aromatic nitrogens is 2. The minimum atomic E-state index is -0.116. The van der Waals surface area contributed by atoms with E-state index in [4.69, 9.17) is 19.4 Å². The predicted molar refractivity (Wildman–Crippen MR) is 155 cm³/mol. The van der Waals surface area contributed by atoms with Gasteiger partial charge < -0.3 is 14.8 Å². The molecule has 4 aromatic rings. The molecule has 2 aromatic carbocycles. The molecule has 5 rings (SSSR count). The van der Waals surface area contributed by atoms with Crippen LogP contribution in [0.3, 0.4) is 0 Å². The highest BCUT2D eigenvalue weighted by molar-refractivity contribution is 7.10. The molecule has 1 fully saturated rings. The van der Waals surface area contributed by atoms with E-state index in [2.05, 4.69) is 29.8 Å². The minimum absolute atomic E-state index is 0.00862. The average Bonchev–Trinajstić information content (AvgIpc) is 3.46. The van der Waals surface area contributed by atoms with Crippen molar-refractivity contribution >= 4 is 40.3 Å². The number of esters is 1. The summed E-state index contributed by atoms with van der Waals surface area (Å²) in [5.74, 6) is 2.41. The molecular formula is C31H33N3O4S. The Labute approximate surface area is 232 Å². The lowest BCUT2D eigenvalue weighted by molar-refractivity contribution is -0.146. The molecule has 8 heteroatoms. The van der Waals surface area contributed by atoms with E-state index in [1.807, 2.05) is 37.3 Å². The molecule has 0 radical (unpaired) electrons. The molecule has 0 bridgehead atoms. The number of fused-ring (bicyclic) bond motifs is 1. The van der Waals surface area contributed by atoms with Crippen molar-refractivity contribution < 1.29 is 19.1 Å². The second kappa shape index (κ2) is 11.5. The van der Waals surface area contributed by atoms with E-state index >= 15 is 0 Å². The summed E-state index contributed by atoms with van der Waals surface area (Å²) in [6.07, 6.45) is 4.30. The van der Waals surface area contributed by atoms with Gasteiger partial charge in [0.05, 0.1) is 31.7 Å². The average molecular weight is 544 g/mol. The molecule has 7 nitrogen and oxygen atoms in total. The first kappa shape index (κ1) is 26.8. The highest BCUT2D eigenvalue weighted by atomic mass is 32.1. The first-order valence-electron chi connectivity index (χ1n) is 13.3. The molecule has 0 spiro atoms.